The molecule has 0 saturated carbocycles. The summed E-state index contributed by atoms with van der Waals surface area (Å²) in [4.78, 5) is 4.49. The fourth-order valence-corrected chi connectivity index (χ4v) is 2.45. The van der Waals surface area contributed by atoms with Crippen LogP contribution >= 0.6 is 0 Å². The van der Waals surface area contributed by atoms with Crippen LogP contribution in [0.2, 0.25) is 0 Å². The van der Waals surface area contributed by atoms with Gasteiger partial charge < -0.3 is 10.1 Å². The van der Waals surface area contributed by atoms with Crippen molar-refractivity contribution in [2.45, 2.75) is 39.7 Å². The van der Waals surface area contributed by atoms with E-state index in [0.717, 1.165) is 29.3 Å². The molecule has 0 spiro atoms. The standard InChI is InChI=1S/C17H24N2O/c1-5-12(2)10-13(3)19-17-16-11-15(20-4)7-6-14(16)8-9-18-17/h6-9,11-13H,5,10H2,1-4H3,(H,18,19). The molecule has 2 unspecified atom stereocenters. The third-order valence-electron chi connectivity index (χ3n) is 3.81. The molecular weight excluding hydrogens is 248 g/mol. The van der Waals surface area contributed by atoms with Gasteiger partial charge in [-0.2, -0.15) is 0 Å². The molecule has 1 aromatic carbocycles. The second-order valence-corrected chi connectivity index (χ2v) is 5.54. The van der Waals surface area contributed by atoms with Crippen molar-refractivity contribution >= 4 is 16.6 Å². The minimum absolute atomic E-state index is 0.411. The van der Waals surface area contributed by atoms with Crippen molar-refractivity contribution in [3.8, 4) is 5.75 Å². The van der Waals surface area contributed by atoms with Crippen molar-refractivity contribution in [3.63, 3.8) is 0 Å². The molecule has 108 valence electrons. The molecule has 0 radical (unpaired) electrons. The van der Waals surface area contributed by atoms with Crippen molar-refractivity contribution in [3.05, 3.63) is 30.5 Å². The van der Waals surface area contributed by atoms with Crippen molar-refractivity contribution in [1.29, 1.82) is 0 Å². The Hall–Kier alpha value is -1.77. The normalized spacial score (nSPS) is 14.0. The summed E-state index contributed by atoms with van der Waals surface area (Å²) in [5.41, 5.74) is 0. The topological polar surface area (TPSA) is 34.2 Å². The highest BCUT2D eigenvalue weighted by atomic mass is 16.5. The summed E-state index contributed by atoms with van der Waals surface area (Å²) in [5.74, 6) is 2.53. The van der Waals surface area contributed by atoms with E-state index in [-0.39, 0.29) is 0 Å². The Morgan fingerprint density at radius 1 is 1.25 bits per heavy atom. The summed E-state index contributed by atoms with van der Waals surface area (Å²) in [6.45, 7) is 6.74. The molecule has 0 saturated heterocycles. The smallest absolute Gasteiger partial charge is 0.134 e. The number of pyridine rings is 1. The SMILES string of the molecule is CCC(C)CC(C)Nc1nccc2ccc(OC)cc12. The van der Waals surface area contributed by atoms with E-state index in [1.807, 2.05) is 24.4 Å². The maximum Gasteiger partial charge on any atom is 0.134 e. The van der Waals surface area contributed by atoms with E-state index in [0.29, 0.717) is 6.04 Å². The molecule has 2 atom stereocenters. The van der Waals surface area contributed by atoms with E-state index in [1.165, 1.54) is 11.8 Å². The van der Waals surface area contributed by atoms with Gasteiger partial charge in [0, 0.05) is 17.6 Å². The van der Waals surface area contributed by atoms with Gasteiger partial charge in [-0.15, -0.1) is 0 Å². The van der Waals surface area contributed by atoms with Crippen LogP contribution in [0, 0.1) is 5.92 Å². The Balaban J connectivity index is 2.24. The lowest BCUT2D eigenvalue weighted by Crippen LogP contribution is -2.19. The minimum atomic E-state index is 0.411. The molecule has 0 amide bonds. The van der Waals surface area contributed by atoms with E-state index in [1.54, 1.807) is 7.11 Å². The molecule has 0 fully saturated rings. The maximum atomic E-state index is 5.31. The van der Waals surface area contributed by atoms with Crippen LogP contribution in [0.25, 0.3) is 10.8 Å². The minimum Gasteiger partial charge on any atom is -0.497 e. The van der Waals surface area contributed by atoms with Crippen LogP contribution in [0.5, 0.6) is 5.75 Å². The zero-order chi connectivity index (χ0) is 14.5. The van der Waals surface area contributed by atoms with Crippen LogP contribution in [-0.2, 0) is 0 Å². The number of aromatic nitrogens is 1. The zero-order valence-corrected chi connectivity index (χ0v) is 12.8. The molecule has 1 heterocycles. The molecule has 1 N–H and O–H groups in total. The summed E-state index contributed by atoms with van der Waals surface area (Å²) < 4.78 is 5.31. The number of hydrogen-bond acceptors (Lipinski definition) is 3. The molecule has 0 aliphatic rings. The zero-order valence-electron chi connectivity index (χ0n) is 12.8. The molecule has 2 aromatic rings. The molecule has 3 heteroatoms. The number of rotatable bonds is 6. The van der Waals surface area contributed by atoms with Gasteiger partial charge in [-0.1, -0.05) is 26.3 Å². The molecule has 1 aromatic heterocycles. The molecule has 0 aliphatic heterocycles. The molecule has 20 heavy (non-hydrogen) atoms. The highest BCUT2D eigenvalue weighted by molar-refractivity contribution is 5.92. The number of benzene rings is 1. The Labute approximate surface area is 121 Å². The summed E-state index contributed by atoms with van der Waals surface area (Å²) in [6, 6.07) is 8.53. The molecular formula is C17H24N2O. The summed E-state index contributed by atoms with van der Waals surface area (Å²) in [6.07, 6.45) is 4.22. The van der Waals surface area contributed by atoms with Gasteiger partial charge in [-0.3, -0.25) is 0 Å². The number of hydrogen-bond donors (Lipinski definition) is 1. The predicted molar refractivity (Wildman–Crippen MR) is 85.5 cm³/mol. The lowest BCUT2D eigenvalue weighted by Gasteiger charge is -2.19. The van der Waals surface area contributed by atoms with E-state index < -0.39 is 0 Å². The number of nitrogens with one attached hydrogen (secondary N) is 1. The number of fused-ring (bicyclic) bond motifs is 1. The number of anilines is 1. The lowest BCUT2D eigenvalue weighted by molar-refractivity contribution is 0.415. The maximum absolute atomic E-state index is 5.31. The monoisotopic (exact) mass is 272 g/mol. The van der Waals surface area contributed by atoms with Gasteiger partial charge in [0.25, 0.3) is 0 Å². The first-order valence-electron chi connectivity index (χ1n) is 7.33. The summed E-state index contributed by atoms with van der Waals surface area (Å²) in [7, 11) is 1.69. The van der Waals surface area contributed by atoms with Crippen LogP contribution in [0.4, 0.5) is 5.82 Å². The van der Waals surface area contributed by atoms with E-state index >= 15 is 0 Å². The molecule has 0 aliphatic carbocycles. The lowest BCUT2D eigenvalue weighted by atomic mass is 10.0. The first-order chi connectivity index (χ1) is 9.63. The van der Waals surface area contributed by atoms with Crippen molar-refractivity contribution in [2.75, 3.05) is 12.4 Å². The number of ether oxygens (including phenoxy) is 1. The number of methoxy groups -OCH3 is 1. The third kappa shape index (κ3) is 3.41. The van der Waals surface area contributed by atoms with E-state index in [2.05, 4.69) is 37.1 Å². The van der Waals surface area contributed by atoms with E-state index in [9.17, 15) is 0 Å². The third-order valence-corrected chi connectivity index (χ3v) is 3.81. The van der Waals surface area contributed by atoms with Gasteiger partial charge in [-0.25, -0.2) is 4.98 Å². The predicted octanol–water partition coefficient (Wildman–Crippen LogP) is 4.48. The van der Waals surface area contributed by atoms with E-state index in [4.69, 9.17) is 4.74 Å². The van der Waals surface area contributed by atoms with Gasteiger partial charge >= 0.3 is 0 Å². The van der Waals surface area contributed by atoms with Gasteiger partial charge in [-0.05, 0) is 42.8 Å². The average molecular weight is 272 g/mol. The summed E-state index contributed by atoms with van der Waals surface area (Å²) in [5, 5.41) is 5.83. The Morgan fingerprint density at radius 2 is 2.05 bits per heavy atom. The Bertz CT molecular complexity index is 568. The van der Waals surface area contributed by atoms with Crippen molar-refractivity contribution in [1.82, 2.24) is 4.98 Å². The van der Waals surface area contributed by atoms with Crippen molar-refractivity contribution in [2.24, 2.45) is 5.92 Å². The van der Waals surface area contributed by atoms with Crippen molar-refractivity contribution < 1.29 is 4.74 Å². The Kier molecular flexibility index (Phi) is 4.83. The first-order valence-corrected chi connectivity index (χ1v) is 7.33. The van der Waals surface area contributed by atoms with Gasteiger partial charge in [0.15, 0.2) is 0 Å². The summed E-state index contributed by atoms with van der Waals surface area (Å²) >= 11 is 0. The molecule has 2 rings (SSSR count). The van der Waals surface area contributed by atoms with Crippen LogP contribution in [0.3, 0.4) is 0 Å². The number of nitrogens with zero attached hydrogens (tertiary/aromatic N) is 1. The van der Waals surface area contributed by atoms with Crippen LogP contribution in [-0.4, -0.2) is 18.1 Å². The highest BCUT2D eigenvalue weighted by Gasteiger charge is 2.10. The van der Waals surface area contributed by atoms with Crippen LogP contribution < -0.4 is 10.1 Å². The second-order valence-electron chi connectivity index (χ2n) is 5.54. The van der Waals surface area contributed by atoms with Gasteiger partial charge in [0.1, 0.15) is 11.6 Å². The second kappa shape index (κ2) is 6.60. The Morgan fingerprint density at radius 3 is 2.75 bits per heavy atom. The van der Waals surface area contributed by atoms with Crippen LogP contribution in [0.15, 0.2) is 30.5 Å². The molecule has 0 bridgehead atoms. The fourth-order valence-electron chi connectivity index (χ4n) is 2.45. The largest absolute Gasteiger partial charge is 0.497 e. The highest BCUT2D eigenvalue weighted by Crippen LogP contribution is 2.26. The quantitative estimate of drug-likeness (QED) is 0.842. The average Bonchev–Trinajstić information content (AvgIpc) is 2.46. The first kappa shape index (κ1) is 14.6. The van der Waals surface area contributed by atoms with Crippen LogP contribution in [0.1, 0.15) is 33.6 Å². The molecule has 3 nitrogen and oxygen atoms in total. The fraction of sp³-hybridized carbons (Fsp3) is 0.471. The van der Waals surface area contributed by atoms with Gasteiger partial charge in [0.2, 0.25) is 0 Å². The van der Waals surface area contributed by atoms with Gasteiger partial charge in [0.05, 0.1) is 7.11 Å².